The van der Waals surface area contributed by atoms with E-state index in [1.807, 2.05) is 13.3 Å². The number of nitrogens with zero attached hydrogens (tertiary/aromatic N) is 1. The number of hydrogen-bond acceptors (Lipinski definition) is 1. The minimum Gasteiger partial charge on any atom is -0.259 e. The van der Waals surface area contributed by atoms with Crippen molar-refractivity contribution in [2.24, 2.45) is 4.36 Å². The summed E-state index contributed by atoms with van der Waals surface area (Å²) in [7, 11) is 3.80. The number of rotatable bonds is 1. The molecule has 1 N–H and O–H groups in total. The minimum atomic E-state index is 0.0910. The smallest absolute Gasteiger partial charge is 0.0360 e. The molecule has 0 fully saturated rings. The van der Waals surface area contributed by atoms with Gasteiger partial charge in [-0.15, -0.1) is 0 Å². The van der Waals surface area contributed by atoms with Crippen molar-refractivity contribution in [3.8, 4) is 0 Å². The fraction of sp³-hybridized carbons (Fsp3) is 1.00. The van der Waals surface area contributed by atoms with Crippen LogP contribution in [0.15, 0.2) is 4.36 Å². The van der Waals surface area contributed by atoms with Crippen LogP contribution < -0.4 is 4.72 Å². The third kappa shape index (κ3) is 2.35. The molecular formula is C3H10N2S. The van der Waals surface area contributed by atoms with E-state index >= 15 is 0 Å². The Bertz CT molecular complexity index is 59.8. The average Bonchev–Trinajstić information content (AvgIpc) is 1.65. The van der Waals surface area contributed by atoms with E-state index in [9.17, 15) is 0 Å². The number of hydrogen-bond donors (Lipinski definition) is 1. The summed E-state index contributed by atoms with van der Waals surface area (Å²) in [6.07, 6.45) is 2.03. The molecule has 0 heterocycles. The Morgan fingerprint density at radius 2 is 2.17 bits per heavy atom. The Balaban J connectivity index is 3.22. The van der Waals surface area contributed by atoms with Crippen molar-refractivity contribution in [2.75, 3.05) is 20.4 Å². The summed E-state index contributed by atoms with van der Waals surface area (Å²) in [5.74, 6) is 0. The van der Waals surface area contributed by atoms with Gasteiger partial charge in [0.25, 0.3) is 0 Å². The van der Waals surface area contributed by atoms with E-state index in [4.69, 9.17) is 0 Å². The van der Waals surface area contributed by atoms with E-state index in [2.05, 4.69) is 9.08 Å². The Morgan fingerprint density at radius 3 is 2.17 bits per heavy atom. The normalized spacial score (nSPS) is 15.2. The van der Waals surface area contributed by atoms with Crippen molar-refractivity contribution in [1.29, 1.82) is 0 Å². The maximum absolute atomic E-state index is 3.92. The lowest BCUT2D eigenvalue weighted by Crippen LogP contribution is -2.06. The fourth-order valence-corrected chi connectivity index (χ4v) is 0.274. The second-order valence-corrected chi connectivity index (χ2v) is 2.59. The summed E-state index contributed by atoms with van der Waals surface area (Å²) < 4.78 is 6.90. The molecule has 0 spiro atoms. The maximum atomic E-state index is 3.92. The summed E-state index contributed by atoms with van der Waals surface area (Å²) in [6, 6.07) is 0. The molecule has 2 nitrogen and oxygen atoms in total. The van der Waals surface area contributed by atoms with Gasteiger partial charge in [0.2, 0.25) is 0 Å². The van der Waals surface area contributed by atoms with E-state index in [0.29, 0.717) is 0 Å². The maximum Gasteiger partial charge on any atom is 0.0360 e. The Kier molecular flexibility index (Phi) is 3.37. The largest absolute Gasteiger partial charge is 0.259 e. The average molecular weight is 106 g/mol. The summed E-state index contributed by atoms with van der Waals surface area (Å²) in [5.41, 5.74) is 0. The molecule has 0 saturated heterocycles. The first kappa shape index (κ1) is 6.11. The van der Waals surface area contributed by atoms with E-state index in [0.717, 1.165) is 0 Å². The van der Waals surface area contributed by atoms with Crippen molar-refractivity contribution < 1.29 is 0 Å². The van der Waals surface area contributed by atoms with Crippen LogP contribution in [-0.4, -0.2) is 20.4 Å². The lowest BCUT2D eigenvalue weighted by atomic mass is 11.6. The molecule has 0 aromatic carbocycles. The molecule has 0 aromatic rings. The molecule has 3 heteroatoms. The van der Waals surface area contributed by atoms with Crippen LogP contribution >= 0.6 is 0 Å². The molecule has 0 aliphatic heterocycles. The van der Waals surface area contributed by atoms with Crippen LogP contribution in [-0.2, 0) is 10.9 Å². The van der Waals surface area contributed by atoms with Crippen LogP contribution in [0.4, 0.5) is 0 Å². The molecule has 0 aromatic heterocycles. The highest BCUT2D eigenvalue weighted by Crippen LogP contribution is 1.64. The highest BCUT2D eigenvalue weighted by molar-refractivity contribution is 7.84. The summed E-state index contributed by atoms with van der Waals surface area (Å²) >= 11 is 0. The van der Waals surface area contributed by atoms with Gasteiger partial charge < -0.3 is 0 Å². The van der Waals surface area contributed by atoms with Gasteiger partial charge in [0, 0.05) is 13.3 Å². The minimum absolute atomic E-state index is 0.0910. The summed E-state index contributed by atoms with van der Waals surface area (Å²) in [4.78, 5) is 0. The van der Waals surface area contributed by atoms with E-state index in [-0.39, 0.29) is 10.9 Å². The van der Waals surface area contributed by atoms with E-state index in [1.165, 1.54) is 0 Å². The Hall–Kier alpha value is 0.110. The first-order valence-corrected chi connectivity index (χ1v) is 3.33. The summed E-state index contributed by atoms with van der Waals surface area (Å²) in [5, 5.41) is 0. The molecule has 0 rings (SSSR count). The highest BCUT2D eigenvalue weighted by atomic mass is 32.2. The second-order valence-electron chi connectivity index (χ2n) is 0.865. The van der Waals surface area contributed by atoms with E-state index < -0.39 is 0 Å². The van der Waals surface area contributed by atoms with Crippen LogP contribution in [0.2, 0.25) is 0 Å². The SMILES string of the molecule is CN=S(C)NC. The molecule has 0 bridgehead atoms. The van der Waals surface area contributed by atoms with Gasteiger partial charge in [-0.25, -0.2) is 0 Å². The standard InChI is InChI=1S/C3H10N2S/c1-4-6(3)5-2/h1-3H3,(H,4,5). The fourth-order valence-electron chi connectivity index (χ4n) is 0.0913. The molecule has 0 aliphatic rings. The van der Waals surface area contributed by atoms with Crippen LogP contribution in [0.25, 0.3) is 0 Å². The quantitative estimate of drug-likeness (QED) is 0.506. The van der Waals surface area contributed by atoms with Crippen LogP contribution in [0.5, 0.6) is 0 Å². The Morgan fingerprint density at radius 1 is 1.67 bits per heavy atom. The van der Waals surface area contributed by atoms with Gasteiger partial charge in [-0.05, 0) is 17.9 Å². The molecule has 0 radical (unpaired) electrons. The van der Waals surface area contributed by atoms with Gasteiger partial charge in [0.05, 0.1) is 0 Å². The molecule has 1 unspecified atom stereocenters. The topological polar surface area (TPSA) is 24.4 Å². The zero-order valence-electron chi connectivity index (χ0n) is 4.36. The molecule has 0 aliphatic carbocycles. The summed E-state index contributed by atoms with van der Waals surface area (Å²) in [6.45, 7) is 0. The third-order valence-electron chi connectivity index (χ3n) is 0.569. The molecular weight excluding hydrogens is 96.1 g/mol. The zero-order chi connectivity index (χ0) is 4.99. The first-order valence-electron chi connectivity index (χ1n) is 1.74. The monoisotopic (exact) mass is 106 g/mol. The predicted molar refractivity (Wildman–Crippen MR) is 30.7 cm³/mol. The third-order valence-corrected chi connectivity index (χ3v) is 1.71. The highest BCUT2D eigenvalue weighted by Gasteiger charge is 1.68. The predicted octanol–water partition coefficient (Wildman–Crippen LogP) is 0.182. The van der Waals surface area contributed by atoms with Gasteiger partial charge >= 0.3 is 0 Å². The first-order chi connectivity index (χ1) is 2.81. The lowest BCUT2D eigenvalue weighted by molar-refractivity contribution is 1.27. The Labute approximate surface area is 41.2 Å². The zero-order valence-corrected chi connectivity index (χ0v) is 5.17. The van der Waals surface area contributed by atoms with Crippen molar-refractivity contribution in [3.63, 3.8) is 0 Å². The molecule has 0 amide bonds. The van der Waals surface area contributed by atoms with Gasteiger partial charge in [0.1, 0.15) is 0 Å². The van der Waals surface area contributed by atoms with Crippen molar-refractivity contribution in [3.05, 3.63) is 0 Å². The van der Waals surface area contributed by atoms with E-state index in [1.54, 1.807) is 7.05 Å². The molecule has 38 valence electrons. The molecule has 6 heavy (non-hydrogen) atoms. The van der Waals surface area contributed by atoms with Crippen LogP contribution in [0.1, 0.15) is 0 Å². The molecule has 1 atom stereocenters. The van der Waals surface area contributed by atoms with Gasteiger partial charge in [-0.1, -0.05) is 0 Å². The number of nitrogens with one attached hydrogen (secondary N) is 1. The van der Waals surface area contributed by atoms with Crippen molar-refractivity contribution in [1.82, 2.24) is 4.72 Å². The van der Waals surface area contributed by atoms with Crippen LogP contribution in [0, 0.1) is 0 Å². The van der Waals surface area contributed by atoms with Crippen LogP contribution in [0.3, 0.4) is 0 Å². The molecule has 0 saturated carbocycles. The van der Waals surface area contributed by atoms with Crippen molar-refractivity contribution in [2.45, 2.75) is 0 Å². The van der Waals surface area contributed by atoms with Gasteiger partial charge in [0.15, 0.2) is 0 Å². The second kappa shape index (κ2) is 3.31. The van der Waals surface area contributed by atoms with Gasteiger partial charge in [-0.3, -0.25) is 9.08 Å². The van der Waals surface area contributed by atoms with Crippen molar-refractivity contribution >= 4 is 10.9 Å². The van der Waals surface area contributed by atoms with Gasteiger partial charge in [-0.2, -0.15) is 0 Å². The lowest BCUT2D eigenvalue weighted by Gasteiger charge is -1.90.